The number of unbranched alkanes of at least 4 members (excludes halogenated alkanes) is 4. The highest BCUT2D eigenvalue weighted by molar-refractivity contribution is 5.25. The van der Waals surface area contributed by atoms with Gasteiger partial charge in [0.25, 0.3) is 0 Å². The van der Waals surface area contributed by atoms with Gasteiger partial charge in [-0.15, -0.1) is 0 Å². The zero-order valence-electron chi connectivity index (χ0n) is 13.1. The molecular weight excluding hydrogens is 232 g/mol. The minimum absolute atomic E-state index is 0.472. The van der Waals surface area contributed by atoms with Crippen molar-refractivity contribution in [2.24, 2.45) is 0 Å². The maximum atomic E-state index is 4.59. The van der Waals surface area contributed by atoms with Crippen LogP contribution in [0.4, 0.5) is 0 Å². The van der Waals surface area contributed by atoms with Gasteiger partial charge in [0.05, 0.1) is 0 Å². The Labute approximate surface area is 119 Å². The van der Waals surface area contributed by atoms with E-state index < -0.39 is 0 Å². The van der Waals surface area contributed by atoms with E-state index in [9.17, 15) is 0 Å². The van der Waals surface area contributed by atoms with Crippen LogP contribution in [0.1, 0.15) is 75.4 Å². The predicted molar refractivity (Wildman–Crippen MR) is 83.5 cm³/mol. The van der Waals surface area contributed by atoms with Crippen LogP contribution in [-0.4, -0.2) is 11.5 Å². The molecule has 1 unspecified atom stereocenters. The summed E-state index contributed by atoms with van der Waals surface area (Å²) in [7, 11) is 0. The summed E-state index contributed by atoms with van der Waals surface area (Å²) in [5.74, 6) is 0. The Morgan fingerprint density at radius 3 is 2.42 bits per heavy atom. The molecule has 19 heavy (non-hydrogen) atoms. The molecule has 0 amide bonds. The van der Waals surface area contributed by atoms with Gasteiger partial charge in [0.1, 0.15) is 0 Å². The average molecular weight is 262 g/mol. The highest BCUT2D eigenvalue weighted by Crippen LogP contribution is 2.22. The average Bonchev–Trinajstić information content (AvgIpc) is 2.38. The van der Waals surface area contributed by atoms with E-state index in [1.807, 2.05) is 0 Å². The summed E-state index contributed by atoms with van der Waals surface area (Å²) in [6.45, 7) is 9.66. The van der Waals surface area contributed by atoms with Gasteiger partial charge in [-0.05, 0) is 38.4 Å². The van der Waals surface area contributed by atoms with Crippen molar-refractivity contribution in [3.63, 3.8) is 0 Å². The van der Waals surface area contributed by atoms with Crippen molar-refractivity contribution in [1.29, 1.82) is 0 Å². The summed E-state index contributed by atoms with van der Waals surface area (Å²) >= 11 is 0. The van der Waals surface area contributed by atoms with Gasteiger partial charge in [-0.2, -0.15) is 0 Å². The Morgan fingerprint density at radius 2 is 1.79 bits per heavy atom. The second-order valence-corrected chi connectivity index (χ2v) is 5.44. The van der Waals surface area contributed by atoms with Crippen molar-refractivity contribution < 1.29 is 0 Å². The molecule has 0 aromatic carbocycles. The number of nitrogens with zero attached hydrogens (tertiary/aromatic N) is 1. The van der Waals surface area contributed by atoms with Crippen molar-refractivity contribution in [2.45, 2.75) is 72.3 Å². The minimum Gasteiger partial charge on any atom is -0.310 e. The van der Waals surface area contributed by atoms with Crippen LogP contribution in [0.5, 0.6) is 0 Å². The molecule has 0 saturated carbocycles. The molecule has 0 bridgehead atoms. The molecule has 0 spiro atoms. The summed E-state index contributed by atoms with van der Waals surface area (Å²) in [4.78, 5) is 4.59. The minimum atomic E-state index is 0.472. The molecule has 0 aliphatic carbocycles. The van der Waals surface area contributed by atoms with Gasteiger partial charge < -0.3 is 5.32 Å². The van der Waals surface area contributed by atoms with Crippen molar-refractivity contribution in [2.75, 3.05) is 6.54 Å². The number of pyridine rings is 1. The van der Waals surface area contributed by atoms with Gasteiger partial charge in [-0.1, -0.05) is 52.0 Å². The van der Waals surface area contributed by atoms with Crippen molar-refractivity contribution in [3.8, 4) is 0 Å². The third-order valence-corrected chi connectivity index (χ3v) is 3.69. The highest BCUT2D eigenvalue weighted by Gasteiger charge is 2.13. The number of nitrogens with one attached hydrogen (secondary N) is 1. The van der Waals surface area contributed by atoms with Crippen molar-refractivity contribution in [1.82, 2.24) is 10.3 Å². The van der Waals surface area contributed by atoms with Gasteiger partial charge in [0.15, 0.2) is 0 Å². The van der Waals surface area contributed by atoms with E-state index in [0.717, 1.165) is 12.2 Å². The Kier molecular flexibility index (Phi) is 7.73. The molecule has 1 N–H and O–H groups in total. The molecule has 0 saturated heterocycles. The predicted octanol–water partition coefficient (Wildman–Crippen LogP) is 4.71. The lowest BCUT2D eigenvalue weighted by Gasteiger charge is -2.20. The molecule has 1 rings (SSSR count). The number of hydrogen-bond acceptors (Lipinski definition) is 2. The monoisotopic (exact) mass is 262 g/mol. The van der Waals surface area contributed by atoms with Gasteiger partial charge in [-0.25, -0.2) is 0 Å². The molecule has 2 nitrogen and oxygen atoms in total. The molecule has 0 radical (unpaired) electrons. The standard InChI is InChI=1S/C17H30N2/c1-5-7-8-9-10-11-17(18-6-2)16-13-12-14(3)19-15(16)4/h12-13,17-18H,5-11H2,1-4H3. The van der Waals surface area contributed by atoms with E-state index in [-0.39, 0.29) is 0 Å². The smallest absolute Gasteiger partial charge is 0.0423 e. The van der Waals surface area contributed by atoms with Gasteiger partial charge in [-0.3, -0.25) is 4.98 Å². The second kappa shape index (κ2) is 9.08. The van der Waals surface area contributed by atoms with Crippen LogP contribution in [0.3, 0.4) is 0 Å². The van der Waals surface area contributed by atoms with Crippen LogP contribution in [0, 0.1) is 13.8 Å². The molecular formula is C17H30N2. The number of aromatic nitrogens is 1. The number of rotatable bonds is 9. The highest BCUT2D eigenvalue weighted by atomic mass is 14.9. The van der Waals surface area contributed by atoms with Crippen LogP contribution in [0.2, 0.25) is 0 Å². The first kappa shape index (κ1) is 16.2. The third-order valence-electron chi connectivity index (χ3n) is 3.69. The summed E-state index contributed by atoms with van der Waals surface area (Å²) in [5.41, 5.74) is 3.67. The summed E-state index contributed by atoms with van der Waals surface area (Å²) in [6, 6.07) is 4.85. The Morgan fingerprint density at radius 1 is 1.05 bits per heavy atom. The maximum Gasteiger partial charge on any atom is 0.0423 e. The van der Waals surface area contributed by atoms with Crippen LogP contribution in [0.15, 0.2) is 12.1 Å². The maximum absolute atomic E-state index is 4.59. The zero-order valence-corrected chi connectivity index (χ0v) is 13.1. The fourth-order valence-corrected chi connectivity index (χ4v) is 2.63. The topological polar surface area (TPSA) is 24.9 Å². The van der Waals surface area contributed by atoms with E-state index >= 15 is 0 Å². The van der Waals surface area contributed by atoms with Gasteiger partial charge >= 0.3 is 0 Å². The van der Waals surface area contributed by atoms with E-state index in [0.29, 0.717) is 6.04 Å². The molecule has 1 aromatic rings. The quantitative estimate of drug-likeness (QED) is 0.652. The lowest BCUT2D eigenvalue weighted by atomic mass is 9.98. The third kappa shape index (κ3) is 5.73. The van der Waals surface area contributed by atoms with Crippen LogP contribution >= 0.6 is 0 Å². The molecule has 0 aliphatic heterocycles. The normalized spacial score (nSPS) is 12.6. The summed E-state index contributed by atoms with van der Waals surface area (Å²) in [6.07, 6.45) is 7.96. The Balaban J connectivity index is 2.55. The van der Waals surface area contributed by atoms with Crippen LogP contribution < -0.4 is 5.32 Å². The second-order valence-electron chi connectivity index (χ2n) is 5.44. The van der Waals surface area contributed by atoms with Crippen LogP contribution in [-0.2, 0) is 0 Å². The first-order chi connectivity index (χ1) is 9.19. The fourth-order valence-electron chi connectivity index (χ4n) is 2.63. The van der Waals surface area contributed by atoms with E-state index in [1.54, 1.807) is 0 Å². The summed E-state index contributed by atoms with van der Waals surface area (Å²) < 4.78 is 0. The van der Waals surface area contributed by atoms with E-state index in [1.165, 1.54) is 49.8 Å². The fraction of sp³-hybridized carbons (Fsp3) is 0.706. The molecule has 2 heteroatoms. The molecule has 0 fully saturated rings. The Hall–Kier alpha value is -0.890. The Bertz CT molecular complexity index is 360. The first-order valence-corrected chi connectivity index (χ1v) is 7.86. The largest absolute Gasteiger partial charge is 0.310 e. The number of hydrogen-bond donors (Lipinski definition) is 1. The lowest BCUT2D eigenvalue weighted by molar-refractivity contribution is 0.476. The molecule has 1 heterocycles. The lowest BCUT2D eigenvalue weighted by Crippen LogP contribution is -2.22. The van der Waals surface area contributed by atoms with Crippen LogP contribution in [0.25, 0.3) is 0 Å². The summed E-state index contributed by atoms with van der Waals surface area (Å²) in [5, 5.41) is 3.61. The van der Waals surface area contributed by atoms with Crippen molar-refractivity contribution >= 4 is 0 Å². The molecule has 108 valence electrons. The molecule has 1 aromatic heterocycles. The van der Waals surface area contributed by atoms with E-state index in [4.69, 9.17) is 0 Å². The molecule has 0 aliphatic rings. The van der Waals surface area contributed by atoms with Gasteiger partial charge in [0, 0.05) is 17.4 Å². The van der Waals surface area contributed by atoms with Crippen molar-refractivity contribution in [3.05, 3.63) is 29.1 Å². The van der Waals surface area contributed by atoms with Gasteiger partial charge in [0.2, 0.25) is 0 Å². The zero-order chi connectivity index (χ0) is 14.1. The first-order valence-electron chi connectivity index (χ1n) is 7.86. The SMILES string of the molecule is CCCCCCCC(NCC)c1ccc(C)nc1C. The number of aryl methyl sites for hydroxylation is 2. The van der Waals surface area contributed by atoms with E-state index in [2.05, 4.69) is 50.1 Å². The molecule has 1 atom stereocenters.